The second-order valence-electron chi connectivity index (χ2n) is 5.34. The summed E-state index contributed by atoms with van der Waals surface area (Å²) in [6.07, 6.45) is 2.45. The lowest BCUT2D eigenvalue weighted by molar-refractivity contribution is -0.0498. The number of hydrogen-bond acceptors (Lipinski definition) is 5. The van der Waals surface area contributed by atoms with Crippen LogP contribution in [0.4, 0.5) is 13.9 Å². The molecular formula is C16H18F2N2O2S. The number of halogens is 2. The number of rotatable bonds is 6. The van der Waals surface area contributed by atoms with Crippen molar-refractivity contribution in [2.75, 3.05) is 18.5 Å². The van der Waals surface area contributed by atoms with Crippen LogP contribution in [0.2, 0.25) is 0 Å². The van der Waals surface area contributed by atoms with E-state index in [-0.39, 0.29) is 11.9 Å². The zero-order chi connectivity index (χ0) is 16.2. The molecule has 4 nitrogen and oxygen atoms in total. The molecule has 0 saturated carbocycles. The Kier molecular flexibility index (Phi) is 5.07. The number of thiazole rings is 1. The first kappa shape index (κ1) is 16.1. The van der Waals surface area contributed by atoms with Crippen molar-refractivity contribution >= 4 is 16.5 Å². The van der Waals surface area contributed by atoms with Gasteiger partial charge in [0.25, 0.3) is 0 Å². The van der Waals surface area contributed by atoms with E-state index in [2.05, 4.69) is 15.0 Å². The molecule has 0 unspecified atom stereocenters. The Morgan fingerprint density at radius 1 is 1.39 bits per heavy atom. The van der Waals surface area contributed by atoms with Gasteiger partial charge in [-0.15, -0.1) is 11.3 Å². The largest absolute Gasteiger partial charge is 0.435 e. The summed E-state index contributed by atoms with van der Waals surface area (Å²) in [4.78, 5) is 5.67. The molecular weight excluding hydrogens is 322 g/mol. The van der Waals surface area contributed by atoms with Crippen LogP contribution in [0, 0.1) is 6.92 Å². The minimum Gasteiger partial charge on any atom is -0.435 e. The Morgan fingerprint density at radius 2 is 2.17 bits per heavy atom. The van der Waals surface area contributed by atoms with Crippen LogP contribution in [0.5, 0.6) is 5.75 Å². The zero-order valence-corrected chi connectivity index (χ0v) is 13.5. The van der Waals surface area contributed by atoms with Crippen molar-refractivity contribution in [2.45, 2.75) is 32.5 Å². The highest BCUT2D eigenvalue weighted by molar-refractivity contribution is 7.16. The monoisotopic (exact) mass is 340 g/mol. The standard InChI is InChI=1S/C16H18F2N2O2S/c1-10-14(11-4-6-12(7-5-11)22-15(17)18)20-16(23-10)19-9-13-3-2-8-21-13/h4-7,13,15H,2-3,8-9H2,1H3,(H,19,20)/t13-/m1/s1. The smallest absolute Gasteiger partial charge is 0.387 e. The fourth-order valence-corrected chi connectivity index (χ4v) is 3.38. The average molecular weight is 340 g/mol. The SMILES string of the molecule is Cc1sc(NC[C@H]2CCCO2)nc1-c1ccc(OC(F)F)cc1. The minimum absolute atomic E-state index is 0.147. The second kappa shape index (κ2) is 7.23. The van der Waals surface area contributed by atoms with Gasteiger partial charge >= 0.3 is 6.61 Å². The first-order valence-electron chi connectivity index (χ1n) is 7.50. The highest BCUT2D eigenvalue weighted by Gasteiger charge is 2.16. The van der Waals surface area contributed by atoms with Crippen molar-refractivity contribution in [2.24, 2.45) is 0 Å². The Hall–Kier alpha value is -1.73. The molecule has 0 aliphatic carbocycles. The molecule has 1 aromatic heterocycles. The molecule has 1 saturated heterocycles. The van der Waals surface area contributed by atoms with E-state index in [4.69, 9.17) is 4.74 Å². The summed E-state index contributed by atoms with van der Waals surface area (Å²) in [6, 6.07) is 6.53. The molecule has 1 aliphatic heterocycles. The molecule has 1 aromatic carbocycles. The molecule has 1 N–H and O–H groups in total. The van der Waals surface area contributed by atoms with Gasteiger partial charge in [0.15, 0.2) is 5.13 Å². The van der Waals surface area contributed by atoms with E-state index in [1.54, 1.807) is 23.5 Å². The van der Waals surface area contributed by atoms with Crippen molar-refractivity contribution in [3.8, 4) is 17.0 Å². The molecule has 23 heavy (non-hydrogen) atoms. The van der Waals surface area contributed by atoms with Crippen molar-refractivity contribution in [3.05, 3.63) is 29.1 Å². The van der Waals surface area contributed by atoms with Crippen LogP contribution in [-0.4, -0.2) is 30.9 Å². The van der Waals surface area contributed by atoms with Crippen LogP contribution in [0.15, 0.2) is 24.3 Å². The lowest BCUT2D eigenvalue weighted by Gasteiger charge is -2.09. The fourth-order valence-electron chi connectivity index (χ4n) is 2.54. The third-order valence-electron chi connectivity index (χ3n) is 3.65. The molecule has 0 radical (unpaired) electrons. The van der Waals surface area contributed by atoms with Crippen LogP contribution in [0.1, 0.15) is 17.7 Å². The molecule has 2 aromatic rings. The lowest BCUT2D eigenvalue weighted by atomic mass is 10.1. The van der Waals surface area contributed by atoms with Gasteiger partial charge < -0.3 is 14.8 Å². The van der Waals surface area contributed by atoms with Gasteiger partial charge in [-0.1, -0.05) is 0 Å². The Balaban J connectivity index is 1.67. The van der Waals surface area contributed by atoms with E-state index in [1.807, 2.05) is 6.92 Å². The summed E-state index contributed by atoms with van der Waals surface area (Å²) in [5, 5.41) is 4.16. The molecule has 7 heteroatoms. The highest BCUT2D eigenvalue weighted by Crippen LogP contribution is 2.31. The summed E-state index contributed by atoms with van der Waals surface area (Å²) < 4.78 is 34.3. The van der Waals surface area contributed by atoms with Crippen molar-refractivity contribution < 1.29 is 18.3 Å². The summed E-state index contributed by atoms with van der Waals surface area (Å²) >= 11 is 1.58. The topological polar surface area (TPSA) is 43.4 Å². The van der Waals surface area contributed by atoms with Gasteiger partial charge in [0, 0.05) is 23.6 Å². The maximum atomic E-state index is 12.2. The number of nitrogens with one attached hydrogen (secondary N) is 1. The van der Waals surface area contributed by atoms with Crippen LogP contribution in [-0.2, 0) is 4.74 Å². The first-order chi connectivity index (χ1) is 11.1. The molecule has 3 rings (SSSR count). The quantitative estimate of drug-likeness (QED) is 0.851. The third-order valence-corrected chi connectivity index (χ3v) is 4.58. The number of alkyl halides is 2. The van der Waals surface area contributed by atoms with Gasteiger partial charge in [0.1, 0.15) is 5.75 Å². The predicted molar refractivity (Wildman–Crippen MR) is 86.4 cm³/mol. The molecule has 0 bridgehead atoms. The number of benzene rings is 1. The molecule has 0 amide bonds. The van der Waals surface area contributed by atoms with Crippen LogP contribution < -0.4 is 10.1 Å². The van der Waals surface area contributed by atoms with Gasteiger partial charge in [0.05, 0.1) is 11.8 Å². The first-order valence-corrected chi connectivity index (χ1v) is 8.31. The fraction of sp³-hybridized carbons (Fsp3) is 0.438. The molecule has 124 valence electrons. The normalized spacial score (nSPS) is 17.7. The van der Waals surface area contributed by atoms with E-state index in [1.165, 1.54) is 12.1 Å². The van der Waals surface area contributed by atoms with Gasteiger partial charge in [0.2, 0.25) is 0 Å². The molecule has 1 aliphatic rings. The van der Waals surface area contributed by atoms with Crippen LogP contribution in [0.25, 0.3) is 11.3 Å². The summed E-state index contributed by atoms with van der Waals surface area (Å²) in [5.41, 5.74) is 1.74. The number of aromatic nitrogens is 1. The maximum absolute atomic E-state index is 12.2. The molecule has 2 heterocycles. The number of hydrogen-bond donors (Lipinski definition) is 1. The van der Waals surface area contributed by atoms with Gasteiger partial charge in [-0.2, -0.15) is 8.78 Å². The van der Waals surface area contributed by atoms with E-state index >= 15 is 0 Å². The Labute approximate surface area is 137 Å². The molecule has 1 fully saturated rings. The second-order valence-corrected chi connectivity index (χ2v) is 6.55. The lowest BCUT2D eigenvalue weighted by Crippen LogP contribution is -2.18. The maximum Gasteiger partial charge on any atom is 0.387 e. The predicted octanol–water partition coefficient (Wildman–Crippen LogP) is 4.31. The van der Waals surface area contributed by atoms with E-state index < -0.39 is 6.61 Å². The summed E-state index contributed by atoms with van der Waals surface area (Å²) in [5.74, 6) is 0.147. The number of aryl methyl sites for hydroxylation is 1. The van der Waals surface area contributed by atoms with Gasteiger partial charge in [-0.05, 0) is 44.0 Å². The minimum atomic E-state index is -2.81. The van der Waals surface area contributed by atoms with Crippen molar-refractivity contribution in [1.29, 1.82) is 0 Å². The average Bonchev–Trinajstić information content (AvgIpc) is 3.15. The number of nitrogens with zero attached hydrogens (tertiary/aromatic N) is 1. The Morgan fingerprint density at radius 3 is 2.83 bits per heavy atom. The Bertz CT molecular complexity index is 640. The third kappa shape index (κ3) is 4.17. The van der Waals surface area contributed by atoms with Crippen molar-refractivity contribution in [3.63, 3.8) is 0 Å². The number of anilines is 1. The number of ether oxygens (including phenoxy) is 2. The highest BCUT2D eigenvalue weighted by atomic mass is 32.1. The van der Waals surface area contributed by atoms with Gasteiger partial charge in [-0.25, -0.2) is 4.98 Å². The van der Waals surface area contributed by atoms with Crippen LogP contribution in [0.3, 0.4) is 0 Å². The van der Waals surface area contributed by atoms with Crippen LogP contribution >= 0.6 is 11.3 Å². The summed E-state index contributed by atoms with van der Waals surface area (Å²) in [7, 11) is 0. The molecule has 0 spiro atoms. The zero-order valence-electron chi connectivity index (χ0n) is 12.7. The summed E-state index contributed by atoms with van der Waals surface area (Å²) in [6.45, 7) is 0.776. The van der Waals surface area contributed by atoms with E-state index in [0.29, 0.717) is 0 Å². The van der Waals surface area contributed by atoms with Crippen molar-refractivity contribution in [1.82, 2.24) is 4.98 Å². The molecule has 1 atom stereocenters. The van der Waals surface area contributed by atoms with E-state index in [9.17, 15) is 8.78 Å². The van der Waals surface area contributed by atoms with E-state index in [0.717, 1.165) is 47.3 Å². The van der Waals surface area contributed by atoms with Gasteiger partial charge in [-0.3, -0.25) is 0 Å².